The van der Waals surface area contributed by atoms with Crippen LogP contribution < -0.4 is 10.1 Å². The number of hydrogen-bond donors (Lipinski definition) is 1. The molecule has 1 saturated carbocycles. The Morgan fingerprint density at radius 2 is 1.82 bits per heavy atom. The van der Waals surface area contributed by atoms with Crippen LogP contribution in [-0.4, -0.2) is 35.9 Å². The lowest BCUT2D eigenvalue weighted by Crippen LogP contribution is -2.38. The Hall–Kier alpha value is -3.03. The molecule has 2 amide bonds. The van der Waals surface area contributed by atoms with Crippen molar-refractivity contribution in [3.8, 4) is 5.75 Å². The van der Waals surface area contributed by atoms with E-state index in [0.29, 0.717) is 6.42 Å². The van der Waals surface area contributed by atoms with Gasteiger partial charge in [0.05, 0.1) is 23.9 Å². The standard InChI is InChI=1S/C25H29F3N2O3/c1-2-30(17-23(31)29-22-13-6-5-12-21(22)25(26,27)28)24(32)15-14-18-8-7-11-20(16-18)33-19-9-3-4-10-19/h5-8,11-13,16,19H,2-4,9-10,14-15,17H2,1H3,(H,29,31). The van der Waals surface area contributed by atoms with Gasteiger partial charge in [-0.05, 0) is 68.9 Å². The van der Waals surface area contributed by atoms with E-state index in [1.807, 2.05) is 24.3 Å². The van der Waals surface area contributed by atoms with Gasteiger partial charge in [-0.3, -0.25) is 9.59 Å². The molecule has 0 atom stereocenters. The number of rotatable bonds is 9. The van der Waals surface area contributed by atoms with Gasteiger partial charge in [0.1, 0.15) is 5.75 Å². The van der Waals surface area contributed by atoms with Crippen molar-refractivity contribution in [1.82, 2.24) is 4.90 Å². The lowest BCUT2D eigenvalue weighted by Gasteiger charge is -2.21. The summed E-state index contributed by atoms with van der Waals surface area (Å²) in [5.41, 5.74) is -0.288. The van der Waals surface area contributed by atoms with E-state index in [1.54, 1.807) is 6.92 Å². The summed E-state index contributed by atoms with van der Waals surface area (Å²) in [6.07, 6.45) is 0.817. The zero-order valence-electron chi connectivity index (χ0n) is 18.7. The van der Waals surface area contributed by atoms with E-state index < -0.39 is 17.6 Å². The second kappa shape index (κ2) is 11.2. The number of carbonyl (C=O) groups excluding carboxylic acids is 2. The Balaban J connectivity index is 1.54. The highest BCUT2D eigenvalue weighted by atomic mass is 19.4. The van der Waals surface area contributed by atoms with E-state index in [-0.39, 0.29) is 37.2 Å². The topological polar surface area (TPSA) is 58.6 Å². The average Bonchev–Trinajstić information content (AvgIpc) is 3.28. The third kappa shape index (κ3) is 7.23. The number of nitrogens with zero attached hydrogens (tertiary/aromatic N) is 1. The first kappa shape index (κ1) is 24.6. The minimum absolute atomic E-state index is 0.188. The van der Waals surface area contributed by atoms with Crippen molar-refractivity contribution in [2.75, 3.05) is 18.4 Å². The molecule has 3 rings (SSSR count). The molecule has 0 radical (unpaired) electrons. The second-order valence-corrected chi connectivity index (χ2v) is 8.17. The number of hydrogen-bond acceptors (Lipinski definition) is 3. The van der Waals surface area contributed by atoms with Crippen molar-refractivity contribution in [3.63, 3.8) is 0 Å². The summed E-state index contributed by atoms with van der Waals surface area (Å²) in [6, 6.07) is 12.4. The molecule has 2 aromatic rings. The summed E-state index contributed by atoms with van der Waals surface area (Å²) in [5.74, 6) is -0.116. The Labute approximate surface area is 191 Å². The molecule has 1 aliphatic carbocycles. The molecule has 2 aromatic carbocycles. The fourth-order valence-electron chi connectivity index (χ4n) is 3.96. The number of ether oxygens (including phenoxy) is 1. The predicted octanol–water partition coefficient (Wildman–Crippen LogP) is 5.45. The summed E-state index contributed by atoms with van der Waals surface area (Å²) in [5, 5.41) is 2.28. The van der Waals surface area contributed by atoms with Crippen LogP contribution in [0.5, 0.6) is 5.75 Å². The van der Waals surface area contributed by atoms with Crippen molar-refractivity contribution < 1.29 is 27.5 Å². The quantitative estimate of drug-likeness (QED) is 0.539. The fraction of sp³-hybridized carbons (Fsp3) is 0.440. The Morgan fingerprint density at radius 3 is 2.52 bits per heavy atom. The molecule has 0 unspecified atom stereocenters. The third-order valence-electron chi connectivity index (χ3n) is 5.71. The largest absolute Gasteiger partial charge is 0.490 e. The zero-order chi connectivity index (χ0) is 23.8. The van der Waals surface area contributed by atoms with Gasteiger partial charge in [0.2, 0.25) is 11.8 Å². The number of alkyl halides is 3. The summed E-state index contributed by atoms with van der Waals surface area (Å²) < 4.78 is 45.4. The molecule has 33 heavy (non-hydrogen) atoms. The maximum Gasteiger partial charge on any atom is 0.418 e. The van der Waals surface area contributed by atoms with Crippen LogP contribution in [0.2, 0.25) is 0 Å². The molecule has 0 aromatic heterocycles. The number of anilines is 1. The monoisotopic (exact) mass is 462 g/mol. The fourth-order valence-corrected chi connectivity index (χ4v) is 3.96. The Morgan fingerprint density at radius 1 is 1.09 bits per heavy atom. The van der Waals surface area contributed by atoms with Crippen molar-refractivity contribution >= 4 is 17.5 Å². The van der Waals surface area contributed by atoms with Gasteiger partial charge >= 0.3 is 6.18 Å². The van der Waals surface area contributed by atoms with E-state index in [2.05, 4.69) is 5.32 Å². The number of carbonyl (C=O) groups is 2. The van der Waals surface area contributed by atoms with Gasteiger partial charge in [-0.25, -0.2) is 0 Å². The summed E-state index contributed by atoms with van der Waals surface area (Å²) in [7, 11) is 0. The van der Waals surface area contributed by atoms with Crippen LogP contribution in [0.4, 0.5) is 18.9 Å². The smallest absolute Gasteiger partial charge is 0.418 e. The van der Waals surface area contributed by atoms with Gasteiger partial charge in [0.15, 0.2) is 0 Å². The molecule has 1 fully saturated rings. The zero-order valence-corrected chi connectivity index (χ0v) is 18.7. The number of aryl methyl sites for hydroxylation is 1. The molecule has 0 saturated heterocycles. The molecular weight excluding hydrogens is 433 g/mol. The number of amides is 2. The minimum atomic E-state index is -4.58. The van der Waals surface area contributed by atoms with E-state index in [0.717, 1.165) is 30.2 Å². The lowest BCUT2D eigenvalue weighted by molar-refractivity contribution is -0.137. The van der Waals surface area contributed by atoms with E-state index in [1.165, 1.54) is 35.9 Å². The number of benzene rings is 2. The lowest BCUT2D eigenvalue weighted by atomic mass is 10.1. The first-order valence-corrected chi connectivity index (χ1v) is 11.3. The maximum atomic E-state index is 13.1. The molecule has 1 aliphatic rings. The normalized spacial score (nSPS) is 14.2. The molecule has 178 valence electrons. The minimum Gasteiger partial charge on any atom is -0.490 e. The van der Waals surface area contributed by atoms with Crippen molar-refractivity contribution in [1.29, 1.82) is 0 Å². The predicted molar refractivity (Wildman–Crippen MR) is 120 cm³/mol. The van der Waals surface area contributed by atoms with Crippen LogP contribution in [0.1, 0.15) is 50.2 Å². The first-order valence-electron chi connectivity index (χ1n) is 11.3. The van der Waals surface area contributed by atoms with E-state index in [9.17, 15) is 22.8 Å². The van der Waals surface area contributed by atoms with Gasteiger partial charge in [-0.15, -0.1) is 0 Å². The van der Waals surface area contributed by atoms with Crippen molar-refractivity contribution in [2.24, 2.45) is 0 Å². The van der Waals surface area contributed by atoms with Gasteiger partial charge < -0.3 is 15.0 Å². The highest BCUT2D eigenvalue weighted by molar-refractivity contribution is 5.95. The third-order valence-corrected chi connectivity index (χ3v) is 5.71. The van der Waals surface area contributed by atoms with Gasteiger partial charge in [0.25, 0.3) is 0 Å². The van der Waals surface area contributed by atoms with Crippen LogP contribution in [-0.2, 0) is 22.2 Å². The molecule has 0 heterocycles. The highest BCUT2D eigenvalue weighted by Crippen LogP contribution is 2.34. The number of likely N-dealkylation sites (N-methyl/N-ethyl adjacent to an activating group) is 1. The van der Waals surface area contributed by atoms with Gasteiger partial charge in [0, 0.05) is 13.0 Å². The Bertz CT molecular complexity index is 956. The second-order valence-electron chi connectivity index (χ2n) is 8.17. The van der Waals surface area contributed by atoms with Gasteiger partial charge in [-0.2, -0.15) is 13.2 Å². The molecule has 1 N–H and O–H groups in total. The van der Waals surface area contributed by atoms with Crippen molar-refractivity contribution in [3.05, 3.63) is 59.7 Å². The molecule has 0 bridgehead atoms. The van der Waals surface area contributed by atoms with Crippen LogP contribution in [0, 0.1) is 0 Å². The highest BCUT2D eigenvalue weighted by Gasteiger charge is 2.33. The molecule has 0 spiro atoms. The van der Waals surface area contributed by atoms with E-state index >= 15 is 0 Å². The van der Waals surface area contributed by atoms with Crippen LogP contribution in [0.25, 0.3) is 0 Å². The van der Waals surface area contributed by atoms with E-state index in [4.69, 9.17) is 4.74 Å². The average molecular weight is 463 g/mol. The molecule has 8 heteroatoms. The maximum absolute atomic E-state index is 13.1. The van der Waals surface area contributed by atoms with Crippen LogP contribution in [0.3, 0.4) is 0 Å². The molecular formula is C25H29F3N2O3. The molecule has 5 nitrogen and oxygen atoms in total. The number of para-hydroxylation sites is 1. The summed E-state index contributed by atoms with van der Waals surface area (Å²) in [4.78, 5) is 26.4. The number of halogens is 3. The Kier molecular flexibility index (Phi) is 8.36. The van der Waals surface area contributed by atoms with Crippen LogP contribution >= 0.6 is 0 Å². The summed E-state index contributed by atoms with van der Waals surface area (Å²) in [6.45, 7) is 1.69. The number of nitrogens with one attached hydrogen (secondary N) is 1. The first-order chi connectivity index (χ1) is 15.8. The SMILES string of the molecule is CCN(CC(=O)Nc1ccccc1C(F)(F)F)C(=O)CCc1cccc(OC2CCCC2)c1. The van der Waals surface area contributed by atoms with Crippen molar-refractivity contribution in [2.45, 2.75) is 57.7 Å². The molecule has 0 aliphatic heterocycles. The van der Waals surface area contributed by atoms with Gasteiger partial charge in [-0.1, -0.05) is 24.3 Å². The van der Waals surface area contributed by atoms with Crippen LogP contribution in [0.15, 0.2) is 48.5 Å². The summed E-state index contributed by atoms with van der Waals surface area (Å²) >= 11 is 0.